The van der Waals surface area contributed by atoms with Gasteiger partial charge in [0.2, 0.25) is 0 Å². The van der Waals surface area contributed by atoms with E-state index < -0.39 is 0 Å². The van der Waals surface area contributed by atoms with Crippen LogP contribution in [-0.4, -0.2) is 57.7 Å². The molecule has 8 rings (SSSR count). The minimum Gasteiger partial charge on any atom is -0.299 e. The van der Waals surface area contributed by atoms with E-state index in [-0.39, 0.29) is 0 Å². The molecule has 0 radical (unpaired) electrons. The highest BCUT2D eigenvalue weighted by Crippen LogP contribution is 2.34. The molecule has 0 spiro atoms. The molecular formula is C35H31N9. The van der Waals surface area contributed by atoms with Crippen molar-refractivity contribution in [1.29, 1.82) is 0 Å². The number of rotatable bonds is 6. The lowest BCUT2D eigenvalue weighted by atomic mass is 9.95. The predicted molar refractivity (Wildman–Crippen MR) is 171 cm³/mol. The lowest BCUT2D eigenvalue weighted by Gasteiger charge is -2.31. The van der Waals surface area contributed by atoms with Gasteiger partial charge in [-0.1, -0.05) is 60.7 Å². The van der Waals surface area contributed by atoms with Gasteiger partial charge in [-0.3, -0.25) is 15.0 Å². The number of benzene rings is 2. The second-order valence-corrected chi connectivity index (χ2v) is 11.5. The second kappa shape index (κ2) is 11.1. The van der Waals surface area contributed by atoms with E-state index in [9.17, 15) is 0 Å². The quantitative estimate of drug-likeness (QED) is 0.241. The number of aromatic amines is 1. The number of nitrogens with zero attached hydrogens (tertiary/aromatic N) is 8. The summed E-state index contributed by atoms with van der Waals surface area (Å²) in [7, 11) is 0. The van der Waals surface area contributed by atoms with Gasteiger partial charge in [-0.05, 0) is 62.2 Å². The first-order chi connectivity index (χ1) is 21.7. The number of hydrogen-bond acceptors (Lipinski definition) is 7. The summed E-state index contributed by atoms with van der Waals surface area (Å²) in [6.45, 7) is 4.93. The molecule has 1 N–H and O–H groups in total. The van der Waals surface area contributed by atoms with Crippen LogP contribution in [0, 0.1) is 6.92 Å². The van der Waals surface area contributed by atoms with Gasteiger partial charge in [0.1, 0.15) is 11.5 Å². The molecule has 0 atom stereocenters. The number of nitrogens with one attached hydrogen (secondary N) is 1. The maximum atomic E-state index is 5.20. The Labute approximate surface area is 254 Å². The maximum absolute atomic E-state index is 5.20. The number of aromatic nitrogens is 8. The third kappa shape index (κ3) is 5.01. The van der Waals surface area contributed by atoms with Crippen molar-refractivity contribution >= 4 is 16.7 Å². The molecule has 9 nitrogen and oxygen atoms in total. The van der Waals surface area contributed by atoms with Crippen molar-refractivity contribution in [2.75, 3.05) is 13.1 Å². The molecule has 1 fully saturated rings. The number of piperidine rings is 1. The van der Waals surface area contributed by atoms with E-state index in [1.54, 1.807) is 6.20 Å². The van der Waals surface area contributed by atoms with E-state index in [0.29, 0.717) is 11.7 Å². The average molecular weight is 578 g/mol. The lowest BCUT2D eigenvalue weighted by Crippen LogP contribution is -2.32. The van der Waals surface area contributed by atoms with E-state index in [4.69, 9.17) is 9.97 Å². The van der Waals surface area contributed by atoms with Crippen molar-refractivity contribution in [2.45, 2.75) is 32.2 Å². The second-order valence-electron chi connectivity index (χ2n) is 11.5. The molecular weight excluding hydrogens is 546 g/mol. The number of pyridine rings is 2. The molecule has 1 aliphatic rings. The first-order valence-electron chi connectivity index (χ1n) is 15.0. The maximum Gasteiger partial charge on any atom is 0.199 e. The molecule has 5 aromatic heterocycles. The third-order valence-corrected chi connectivity index (χ3v) is 8.47. The van der Waals surface area contributed by atoms with E-state index in [1.165, 1.54) is 5.56 Å². The van der Waals surface area contributed by atoms with E-state index in [0.717, 1.165) is 88.8 Å². The summed E-state index contributed by atoms with van der Waals surface area (Å²) in [5.41, 5.74) is 8.85. The van der Waals surface area contributed by atoms with Gasteiger partial charge >= 0.3 is 0 Å². The van der Waals surface area contributed by atoms with E-state index >= 15 is 0 Å². The molecule has 1 aliphatic heterocycles. The van der Waals surface area contributed by atoms with Gasteiger partial charge in [-0.15, -0.1) is 0 Å². The molecule has 9 heteroatoms. The fourth-order valence-corrected chi connectivity index (χ4v) is 6.17. The van der Waals surface area contributed by atoms with Crippen LogP contribution in [0.1, 0.15) is 35.8 Å². The van der Waals surface area contributed by atoms with Gasteiger partial charge in [0.25, 0.3) is 0 Å². The van der Waals surface area contributed by atoms with Crippen molar-refractivity contribution in [2.24, 2.45) is 0 Å². The molecule has 44 heavy (non-hydrogen) atoms. The van der Waals surface area contributed by atoms with E-state index in [1.807, 2.05) is 48.0 Å². The number of hydrogen-bond donors (Lipinski definition) is 1. The molecule has 6 heterocycles. The molecule has 0 aliphatic carbocycles. The Morgan fingerprint density at radius 3 is 2.45 bits per heavy atom. The largest absolute Gasteiger partial charge is 0.299 e. The predicted octanol–water partition coefficient (Wildman–Crippen LogP) is 6.48. The summed E-state index contributed by atoms with van der Waals surface area (Å²) in [6, 6.07) is 29.3. The zero-order chi connectivity index (χ0) is 29.5. The van der Waals surface area contributed by atoms with Gasteiger partial charge in [0, 0.05) is 47.4 Å². The van der Waals surface area contributed by atoms with Crippen LogP contribution in [0.3, 0.4) is 0 Å². The van der Waals surface area contributed by atoms with Gasteiger partial charge in [0.05, 0.1) is 11.4 Å². The molecule has 0 amide bonds. The van der Waals surface area contributed by atoms with E-state index in [2.05, 4.69) is 84.8 Å². The fraction of sp³-hybridized carbons (Fsp3) is 0.200. The summed E-state index contributed by atoms with van der Waals surface area (Å²) < 4.78 is 1.85. The van der Waals surface area contributed by atoms with Crippen molar-refractivity contribution in [3.05, 3.63) is 114 Å². The van der Waals surface area contributed by atoms with Crippen LogP contribution in [0.25, 0.3) is 50.6 Å². The zero-order valence-electron chi connectivity index (χ0n) is 24.4. The number of H-pyrrole nitrogens is 1. The molecule has 2 aromatic carbocycles. The number of fused-ring (bicyclic) bond motifs is 3. The number of likely N-dealkylation sites (tertiary alicyclic amines) is 1. The highest BCUT2D eigenvalue weighted by atomic mass is 15.3. The Balaban J connectivity index is 1.02. The van der Waals surface area contributed by atoms with Crippen molar-refractivity contribution < 1.29 is 0 Å². The van der Waals surface area contributed by atoms with Crippen molar-refractivity contribution in [1.82, 2.24) is 44.6 Å². The Kier molecular flexibility index (Phi) is 6.64. The topological polar surface area (TPSA) is 101 Å². The molecule has 0 unspecified atom stereocenters. The van der Waals surface area contributed by atoms with Crippen molar-refractivity contribution in [3.8, 4) is 33.9 Å². The van der Waals surface area contributed by atoms with Crippen molar-refractivity contribution in [3.63, 3.8) is 0 Å². The van der Waals surface area contributed by atoms with Gasteiger partial charge in [-0.2, -0.15) is 14.7 Å². The summed E-state index contributed by atoms with van der Waals surface area (Å²) in [5.74, 6) is 2.01. The normalized spacial score (nSPS) is 14.5. The first-order valence-corrected chi connectivity index (χ1v) is 15.0. The van der Waals surface area contributed by atoms with Gasteiger partial charge in [-0.25, -0.2) is 15.0 Å². The van der Waals surface area contributed by atoms with Gasteiger partial charge < -0.3 is 0 Å². The lowest BCUT2D eigenvalue weighted by molar-refractivity contribution is 0.202. The van der Waals surface area contributed by atoms with Crippen LogP contribution in [0.15, 0.2) is 97.3 Å². The summed E-state index contributed by atoms with van der Waals surface area (Å²) in [5, 5.41) is 13.2. The summed E-state index contributed by atoms with van der Waals surface area (Å²) in [4.78, 5) is 21.5. The molecule has 7 aromatic rings. The summed E-state index contributed by atoms with van der Waals surface area (Å²) in [6.07, 6.45) is 5.76. The van der Waals surface area contributed by atoms with Gasteiger partial charge in [0.15, 0.2) is 17.1 Å². The van der Waals surface area contributed by atoms with Crippen LogP contribution in [0.2, 0.25) is 0 Å². The Hall–Kier alpha value is -5.28. The highest BCUT2D eigenvalue weighted by molar-refractivity contribution is 5.90. The molecule has 1 saturated heterocycles. The minimum absolute atomic E-state index is 0.384. The zero-order valence-corrected chi connectivity index (χ0v) is 24.4. The minimum atomic E-state index is 0.384. The fourth-order valence-electron chi connectivity index (χ4n) is 6.17. The third-order valence-electron chi connectivity index (χ3n) is 8.47. The Morgan fingerprint density at radius 2 is 1.66 bits per heavy atom. The highest BCUT2D eigenvalue weighted by Gasteiger charge is 2.24. The molecule has 216 valence electrons. The first kappa shape index (κ1) is 26.4. The van der Waals surface area contributed by atoms with Crippen LogP contribution in [0.4, 0.5) is 0 Å². The van der Waals surface area contributed by atoms with Crippen LogP contribution < -0.4 is 0 Å². The smallest absolute Gasteiger partial charge is 0.199 e. The SMILES string of the molecule is Cc1cc2ncc3cc(-c4ccccc4)c(-c4ccc(CN5CCC(c6nc(-c7ccccn7)n[nH]6)CC5)cc4)nc3n2n1. The molecule has 0 bridgehead atoms. The van der Waals surface area contributed by atoms with Crippen LogP contribution >= 0.6 is 0 Å². The molecule has 0 saturated carbocycles. The monoisotopic (exact) mass is 577 g/mol. The average Bonchev–Trinajstić information content (AvgIpc) is 3.73. The Morgan fingerprint density at radius 1 is 0.841 bits per heavy atom. The van der Waals surface area contributed by atoms with Crippen LogP contribution in [-0.2, 0) is 6.54 Å². The standard InChI is InChI=1S/C35H31N9/c1-23-19-31-37-21-28-20-29(25-7-3-2-4-8-25)32(38-35(28)44(31)42-23)26-12-10-24(11-13-26)22-43-17-14-27(15-18-43)33-39-34(41-40-33)30-9-5-6-16-36-30/h2-13,16,19-21,27H,14-15,17-18,22H2,1H3,(H,39,40,41). The van der Waals surface area contributed by atoms with Crippen LogP contribution in [0.5, 0.6) is 0 Å². The summed E-state index contributed by atoms with van der Waals surface area (Å²) >= 11 is 0. The number of aryl methyl sites for hydroxylation is 1. The Bertz CT molecular complexity index is 2060.